The molecule has 1 aromatic carbocycles. The predicted molar refractivity (Wildman–Crippen MR) is 83.6 cm³/mol. The number of unbranched alkanes of at least 4 members (excludes halogenated alkanes) is 4. The zero-order valence-electron chi connectivity index (χ0n) is 12.1. The number of aromatic nitrogens is 2. The number of anilines is 1. The minimum Gasteiger partial charge on any atom is -0.385 e. The van der Waals surface area contributed by atoms with Crippen LogP contribution in [0.3, 0.4) is 0 Å². The van der Waals surface area contributed by atoms with E-state index in [4.69, 9.17) is 0 Å². The molecule has 0 spiro atoms. The molecule has 0 saturated heterocycles. The van der Waals surface area contributed by atoms with Crippen LogP contribution in [-0.2, 0) is 0 Å². The van der Waals surface area contributed by atoms with Gasteiger partial charge in [-0.3, -0.25) is 4.57 Å². The zero-order chi connectivity index (χ0) is 14.2. The number of nitrogens with zero attached hydrogens (tertiary/aromatic N) is 1. The maximum absolute atomic E-state index is 11.5. The van der Waals surface area contributed by atoms with E-state index in [1.165, 1.54) is 32.1 Å². The molecule has 0 atom stereocenters. The summed E-state index contributed by atoms with van der Waals surface area (Å²) < 4.78 is 1.59. The SMILES string of the molecule is CCCCCCCNc1ccc(-n2cc[nH]c2=O)cc1. The topological polar surface area (TPSA) is 49.8 Å². The second-order valence-corrected chi connectivity index (χ2v) is 5.02. The van der Waals surface area contributed by atoms with Crippen molar-refractivity contribution in [3.8, 4) is 5.69 Å². The van der Waals surface area contributed by atoms with E-state index in [-0.39, 0.29) is 5.69 Å². The molecule has 0 aliphatic carbocycles. The van der Waals surface area contributed by atoms with Crippen molar-refractivity contribution in [1.82, 2.24) is 9.55 Å². The summed E-state index contributed by atoms with van der Waals surface area (Å²) in [6.07, 6.45) is 9.82. The lowest BCUT2D eigenvalue weighted by molar-refractivity contribution is 0.645. The van der Waals surface area contributed by atoms with Gasteiger partial charge in [-0.1, -0.05) is 32.6 Å². The Morgan fingerprint density at radius 2 is 1.85 bits per heavy atom. The van der Waals surface area contributed by atoms with Crippen LogP contribution in [0.25, 0.3) is 5.69 Å². The van der Waals surface area contributed by atoms with Crippen LogP contribution in [0.1, 0.15) is 39.0 Å². The number of aromatic amines is 1. The highest BCUT2D eigenvalue weighted by molar-refractivity contribution is 5.48. The van der Waals surface area contributed by atoms with E-state index in [0.717, 1.165) is 17.9 Å². The summed E-state index contributed by atoms with van der Waals surface area (Å²) in [5.74, 6) is 0. The first-order valence-electron chi connectivity index (χ1n) is 7.41. The van der Waals surface area contributed by atoms with Crippen molar-refractivity contribution in [2.45, 2.75) is 39.0 Å². The Kier molecular flexibility index (Phi) is 5.47. The molecule has 1 aromatic heterocycles. The minimum absolute atomic E-state index is 0.110. The fourth-order valence-corrected chi connectivity index (χ4v) is 2.22. The van der Waals surface area contributed by atoms with E-state index in [1.807, 2.05) is 24.3 Å². The van der Waals surface area contributed by atoms with Crippen LogP contribution >= 0.6 is 0 Å². The lowest BCUT2D eigenvalue weighted by Gasteiger charge is -2.07. The molecule has 0 saturated carbocycles. The largest absolute Gasteiger partial charge is 0.385 e. The molecular formula is C16H23N3O. The number of imidazole rings is 1. The number of benzene rings is 1. The molecule has 1 heterocycles. The molecule has 20 heavy (non-hydrogen) atoms. The Labute approximate surface area is 119 Å². The lowest BCUT2D eigenvalue weighted by atomic mass is 10.1. The average Bonchev–Trinajstić information content (AvgIpc) is 2.90. The highest BCUT2D eigenvalue weighted by atomic mass is 16.1. The molecule has 0 bridgehead atoms. The van der Waals surface area contributed by atoms with E-state index in [2.05, 4.69) is 17.2 Å². The van der Waals surface area contributed by atoms with Crippen LogP contribution in [0.2, 0.25) is 0 Å². The first-order chi connectivity index (χ1) is 9.81. The Hall–Kier alpha value is -1.97. The molecule has 0 amide bonds. The maximum Gasteiger partial charge on any atom is 0.330 e. The molecule has 0 unspecified atom stereocenters. The van der Waals surface area contributed by atoms with Crippen molar-refractivity contribution in [3.63, 3.8) is 0 Å². The van der Waals surface area contributed by atoms with Gasteiger partial charge in [0.1, 0.15) is 0 Å². The molecule has 108 valence electrons. The molecule has 0 fully saturated rings. The molecule has 2 aromatic rings. The van der Waals surface area contributed by atoms with Gasteiger partial charge in [0.05, 0.1) is 5.69 Å². The van der Waals surface area contributed by atoms with Gasteiger partial charge in [-0.05, 0) is 30.7 Å². The first-order valence-corrected chi connectivity index (χ1v) is 7.41. The van der Waals surface area contributed by atoms with E-state index >= 15 is 0 Å². The van der Waals surface area contributed by atoms with Crippen LogP contribution in [0.4, 0.5) is 5.69 Å². The number of hydrogen-bond donors (Lipinski definition) is 2. The van der Waals surface area contributed by atoms with Gasteiger partial charge in [-0.2, -0.15) is 0 Å². The van der Waals surface area contributed by atoms with E-state index < -0.39 is 0 Å². The molecule has 2 rings (SSSR count). The Balaban J connectivity index is 1.80. The smallest absolute Gasteiger partial charge is 0.330 e. The number of hydrogen-bond acceptors (Lipinski definition) is 2. The van der Waals surface area contributed by atoms with Gasteiger partial charge >= 0.3 is 5.69 Å². The number of rotatable bonds is 8. The lowest BCUT2D eigenvalue weighted by Crippen LogP contribution is -2.13. The minimum atomic E-state index is -0.110. The third-order valence-corrected chi connectivity index (χ3v) is 3.40. The number of H-pyrrole nitrogens is 1. The summed E-state index contributed by atoms with van der Waals surface area (Å²) in [6.45, 7) is 3.24. The van der Waals surface area contributed by atoms with Crippen molar-refractivity contribution in [2.24, 2.45) is 0 Å². The molecule has 4 heteroatoms. The van der Waals surface area contributed by atoms with Crippen LogP contribution in [0.5, 0.6) is 0 Å². The summed E-state index contributed by atoms with van der Waals surface area (Å²) >= 11 is 0. The third-order valence-electron chi connectivity index (χ3n) is 3.40. The molecule has 0 aliphatic heterocycles. The van der Waals surface area contributed by atoms with Crippen molar-refractivity contribution < 1.29 is 0 Å². The van der Waals surface area contributed by atoms with Gasteiger partial charge in [0.25, 0.3) is 0 Å². The van der Waals surface area contributed by atoms with Crippen LogP contribution in [0, 0.1) is 0 Å². The normalized spacial score (nSPS) is 10.7. The highest BCUT2D eigenvalue weighted by Gasteiger charge is 1.99. The summed E-state index contributed by atoms with van der Waals surface area (Å²) in [5.41, 5.74) is 1.87. The van der Waals surface area contributed by atoms with Crippen LogP contribution < -0.4 is 11.0 Å². The first kappa shape index (κ1) is 14.4. The molecule has 0 radical (unpaired) electrons. The predicted octanol–water partition coefficient (Wildman–Crippen LogP) is 3.55. The quantitative estimate of drug-likeness (QED) is 0.723. The highest BCUT2D eigenvalue weighted by Crippen LogP contribution is 2.12. The van der Waals surface area contributed by atoms with E-state index in [1.54, 1.807) is 17.0 Å². The Morgan fingerprint density at radius 1 is 1.10 bits per heavy atom. The standard InChI is InChI=1S/C16H23N3O/c1-2-3-4-5-6-11-17-14-7-9-15(10-8-14)19-13-12-18-16(19)20/h7-10,12-13,17H,2-6,11H2,1H3,(H,18,20). The zero-order valence-corrected chi connectivity index (χ0v) is 12.1. The van der Waals surface area contributed by atoms with Crippen molar-refractivity contribution >= 4 is 5.69 Å². The molecular weight excluding hydrogens is 250 g/mol. The van der Waals surface area contributed by atoms with Crippen molar-refractivity contribution in [2.75, 3.05) is 11.9 Å². The fraction of sp³-hybridized carbons (Fsp3) is 0.438. The summed E-state index contributed by atoms with van der Waals surface area (Å²) in [4.78, 5) is 14.1. The summed E-state index contributed by atoms with van der Waals surface area (Å²) in [5, 5.41) is 3.41. The second-order valence-electron chi connectivity index (χ2n) is 5.02. The fourth-order valence-electron chi connectivity index (χ4n) is 2.22. The average molecular weight is 273 g/mol. The Morgan fingerprint density at radius 3 is 2.50 bits per heavy atom. The van der Waals surface area contributed by atoms with Gasteiger partial charge in [0.15, 0.2) is 0 Å². The van der Waals surface area contributed by atoms with Gasteiger partial charge < -0.3 is 10.3 Å². The second kappa shape index (κ2) is 7.58. The van der Waals surface area contributed by atoms with E-state index in [0.29, 0.717) is 0 Å². The van der Waals surface area contributed by atoms with Gasteiger partial charge in [-0.25, -0.2) is 4.79 Å². The van der Waals surface area contributed by atoms with E-state index in [9.17, 15) is 4.79 Å². The third kappa shape index (κ3) is 4.02. The summed E-state index contributed by atoms with van der Waals surface area (Å²) in [7, 11) is 0. The van der Waals surface area contributed by atoms with Crippen molar-refractivity contribution in [3.05, 3.63) is 47.1 Å². The van der Waals surface area contributed by atoms with Crippen LogP contribution in [0.15, 0.2) is 41.5 Å². The number of nitrogens with one attached hydrogen (secondary N) is 2. The molecule has 0 aliphatic rings. The monoisotopic (exact) mass is 273 g/mol. The molecule has 2 N–H and O–H groups in total. The Bertz CT molecular complexity index is 554. The maximum atomic E-state index is 11.5. The van der Waals surface area contributed by atoms with Gasteiger partial charge in [0, 0.05) is 24.6 Å². The van der Waals surface area contributed by atoms with Crippen LogP contribution in [-0.4, -0.2) is 16.1 Å². The summed E-state index contributed by atoms with van der Waals surface area (Å²) in [6, 6.07) is 7.94. The van der Waals surface area contributed by atoms with Gasteiger partial charge in [-0.15, -0.1) is 0 Å². The van der Waals surface area contributed by atoms with Gasteiger partial charge in [0.2, 0.25) is 0 Å². The van der Waals surface area contributed by atoms with Crippen molar-refractivity contribution in [1.29, 1.82) is 0 Å². The molecule has 4 nitrogen and oxygen atoms in total.